The molecule has 86 valence electrons. The molecule has 0 bridgehead atoms. The van der Waals surface area contributed by atoms with E-state index in [4.69, 9.17) is 9.68 Å². The lowest BCUT2D eigenvalue weighted by Gasteiger charge is -2.14. The van der Waals surface area contributed by atoms with Gasteiger partial charge < -0.3 is 9.73 Å². The molecule has 1 unspecified atom stereocenters. The molecular formula is C13H11FN2O. The van der Waals surface area contributed by atoms with Crippen molar-refractivity contribution in [1.29, 1.82) is 5.26 Å². The van der Waals surface area contributed by atoms with Crippen molar-refractivity contribution >= 4 is 5.69 Å². The van der Waals surface area contributed by atoms with Gasteiger partial charge in [0.1, 0.15) is 17.4 Å². The molecule has 1 heterocycles. The first-order valence-electron chi connectivity index (χ1n) is 5.19. The molecule has 3 nitrogen and oxygen atoms in total. The van der Waals surface area contributed by atoms with E-state index in [1.165, 1.54) is 6.07 Å². The topological polar surface area (TPSA) is 49.0 Å². The van der Waals surface area contributed by atoms with Crippen LogP contribution in [0.1, 0.15) is 24.1 Å². The summed E-state index contributed by atoms with van der Waals surface area (Å²) in [6.07, 6.45) is 3.19. The van der Waals surface area contributed by atoms with Gasteiger partial charge in [0.25, 0.3) is 0 Å². The summed E-state index contributed by atoms with van der Waals surface area (Å²) in [4.78, 5) is 0. The summed E-state index contributed by atoms with van der Waals surface area (Å²) in [5.41, 5.74) is 1.46. The summed E-state index contributed by atoms with van der Waals surface area (Å²) >= 11 is 0. The van der Waals surface area contributed by atoms with Gasteiger partial charge in [-0.25, -0.2) is 4.39 Å². The minimum absolute atomic E-state index is 0.0304. The molecular weight excluding hydrogens is 219 g/mol. The fraction of sp³-hybridized carbons (Fsp3) is 0.154. The third kappa shape index (κ3) is 2.28. The summed E-state index contributed by atoms with van der Waals surface area (Å²) in [6.45, 7) is 1.91. The fourth-order valence-corrected chi connectivity index (χ4v) is 1.60. The second-order valence-corrected chi connectivity index (χ2v) is 3.70. The summed E-state index contributed by atoms with van der Waals surface area (Å²) in [5, 5.41) is 12.0. The molecule has 0 aliphatic carbocycles. The Morgan fingerprint density at radius 2 is 2.24 bits per heavy atom. The van der Waals surface area contributed by atoms with Crippen molar-refractivity contribution in [3.63, 3.8) is 0 Å². The second kappa shape index (κ2) is 4.71. The molecule has 0 amide bonds. The van der Waals surface area contributed by atoms with Crippen molar-refractivity contribution in [2.24, 2.45) is 0 Å². The quantitative estimate of drug-likeness (QED) is 0.878. The van der Waals surface area contributed by atoms with E-state index in [0.717, 1.165) is 5.56 Å². The first-order valence-corrected chi connectivity index (χ1v) is 5.19. The van der Waals surface area contributed by atoms with E-state index in [1.54, 1.807) is 24.7 Å². The maximum absolute atomic E-state index is 13.4. The van der Waals surface area contributed by atoms with Gasteiger partial charge in [-0.05, 0) is 25.1 Å². The molecule has 0 aliphatic heterocycles. The molecule has 0 saturated heterocycles. The number of hydrogen-bond acceptors (Lipinski definition) is 3. The monoisotopic (exact) mass is 230 g/mol. The van der Waals surface area contributed by atoms with Crippen LogP contribution in [0.3, 0.4) is 0 Å². The highest BCUT2D eigenvalue weighted by atomic mass is 19.1. The molecule has 4 heteroatoms. The van der Waals surface area contributed by atoms with Gasteiger partial charge in [-0.2, -0.15) is 5.26 Å². The van der Waals surface area contributed by atoms with E-state index in [0.29, 0.717) is 5.69 Å². The van der Waals surface area contributed by atoms with Crippen LogP contribution >= 0.6 is 0 Å². The highest BCUT2D eigenvalue weighted by Crippen LogP contribution is 2.23. The first kappa shape index (κ1) is 11.2. The maximum Gasteiger partial charge on any atom is 0.143 e. The minimum Gasteiger partial charge on any atom is -0.472 e. The van der Waals surface area contributed by atoms with Crippen LogP contribution in [0, 0.1) is 17.1 Å². The number of nitriles is 1. The summed E-state index contributed by atoms with van der Waals surface area (Å²) in [7, 11) is 0. The van der Waals surface area contributed by atoms with Gasteiger partial charge in [-0.1, -0.05) is 6.07 Å². The summed E-state index contributed by atoms with van der Waals surface area (Å²) < 4.78 is 18.3. The Morgan fingerprint density at radius 3 is 2.88 bits per heavy atom. The van der Waals surface area contributed by atoms with Crippen molar-refractivity contribution in [2.75, 3.05) is 5.32 Å². The van der Waals surface area contributed by atoms with Crippen LogP contribution < -0.4 is 5.32 Å². The Morgan fingerprint density at radius 1 is 1.41 bits per heavy atom. The van der Waals surface area contributed by atoms with Crippen LogP contribution in [0.2, 0.25) is 0 Å². The third-order valence-corrected chi connectivity index (χ3v) is 2.54. The van der Waals surface area contributed by atoms with E-state index in [-0.39, 0.29) is 11.6 Å². The Hall–Kier alpha value is -2.28. The molecule has 2 rings (SSSR count). The third-order valence-electron chi connectivity index (χ3n) is 2.54. The van der Waals surface area contributed by atoms with Gasteiger partial charge in [0.05, 0.1) is 24.3 Å². The van der Waals surface area contributed by atoms with Crippen LogP contribution in [-0.2, 0) is 0 Å². The summed E-state index contributed by atoms with van der Waals surface area (Å²) in [5.74, 6) is -0.517. The highest BCUT2D eigenvalue weighted by Gasteiger charge is 2.11. The normalized spacial score (nSPS) is 11.8. The Balaban J connectivity index is 2.25. The SMILES string of the molecule is CC(Nc1cccc(F)c1C#N)c1ccoc1. The van der Waals surface area contributed by atoms with Crippen LogP contribution in [-0.4, -0.2) is 0 Å². The first-order chi connectivity index (χ1) is 8.22. The van der Waals surface area contributed by atoms with Gasteiger partial charge in [0, 0.05) is 5.56 Å². The highest BCUT2D eigenvalue weighted by molar-refractivity contribution is 5.58. The van der Waals surface area contributed by atoms with Gasteiger partial charge >= 0.3 is 0 Å². The number of furan rings is 1. The van der Waals surface area contributed by atoms with Crippen molar-refractivity contribution in [3.05, 3.63) is 53.7 Å². The van der Waals surface area contributed by atoms with E-state index in [9.17, 15) is 4.39 Å². The summed E-state index contributed by atoms with van der Waals surface area (Å²) in [6, 6.07) is 8.14. The molecule has 0 radical (unpaired) electrons. The number of rotatable bonds is 3. The fourth-order valence-electron chi connectivity index (χ4n) is 1.60. The number of halogens is 1. The van der Waals surface area contributed by atoms with Crippen molar-refractivity contribution < 1.29 is 8.81 Å². The lowest BCUT2D eigenvalue weighted by molar-refractivity contribution is 0.562. The molecule has 0 spiro atoms. The number of hydrogen-bond donors (Lipinski definition) is 1. The molecule has 0 aliphatic rings. The maximum atomic E-state index is 13.4. The van der Waals surface area contributed by atoms with Crippen LogP contribution in [0.4, 0.5) is 10.1 Å². The van der Waals surface area contributed by atoms with E-state index in [1.807, 2.05) is 19.1 Å². The van der Waals surface area contributed by atoms with E-state index in [2.05, 4.69) is 5.32 Å². The van der Waals surface area contributed by atoms with Crippen molar-refractivity contribution in [1.82, 2.24) is 0 Å². The van der Waals surface area contributed by atoms with Crippen LogP contribution in [0.5, 0.6) is 0 Å². The Bertz CT molecular complexity index is 543. The predicted octanol–water partition coefficient (Wildman–Crippen LogP) is 3.46. The van der Waals surface area contributed by atoms with Crippen LogP contribution in [0.25, 0.3) is 0 Å². The lowest BCUT2D eigenvalue weighted by atomic mass is 10.1. The zero-order chi connectivity index (χ0) is 12.3. The van der Waals surface area contributed by atoms with Crippen molar-refractivity contribution in [3.8, 4) is 6.07 Å². The van der Waals surface area contributed by atoms with E-state index >= 15 is 0 Å². The van der Waals surface area contributed by atoms with Gasteiger partial charge in [0.15, 0.2) is 0 Å². The predicted molar refractivity (Wildman–Crippen MR) is 61.9 cm³/mol. The molecule has 1 N–H and O–H groups in total. The molecule has 17 heavy (non-hydrogen) atoms. The zero-order valence-electron chi connectivity index (χ0n) is 9.27. The Kier molecular flexibility index (Phi) is 3.10. The average Bonchev–Trinajstić information content (AvgIpc) is 2.82. The molecule has 0 saturated carbocycles. The molecule has 0 fully saturated rings. The lowest BCUT2D eigenvalue weighted by Crippen LogP contribution is -2.07. The van der Waals surface area contributed by atoms with Crippen LogP contribution in [0.15, 0.2) is 41.2 Å². The largest absolute Gasteiger partial charge is 0.472 e. The number of anilines is 1. The van der Waals surface area contributed by atoms with Gasteiger partial charge in [-0.15, -0.1) is 0 Å². The standard InChI is InChI=1S/C13H11FN2O/c1-9(10-5-6-17-8-10)16-13-4-2-3-12(14)11(13)7-15/h2-6,8-9,16H,1H3. The van der Waals surface area contributed by atoms with Gasteiger partial charge in [0.2, 0.25) is 0 Å². The smallest absolute Gasteiger partial charge is 0.143 e. The number of benzene rings is 1. The minimum atomic E-state index is -0.517. The zero-order valence-corrected chi connectivity index (χ0v) is 9.27. The van der Waals surface area contributed by atoms with Crippen molar-refractivity contribution in [2.45, 2.75) is 13.0 Å². The number of nitrogens with one attached hydrogen (secondary N) is 1. The molecule has 1 atom stereocenters. The Labute approximate surface area is 98.5 Å². The van der Waals surface area contributed by atoms with Gasteiger partial charge in [-0.3, -0.25) is 0 Å². The second-order valence-electron chi connectivity index (χ2n) is 3.70. The number of nitrogens with zero attached hydrogens (tertiary/aromatic N) is 1. The average molecular weight is 230 g/mol. The van der Waals surface area contributed by atoms with E-state index < -0.39 is 5.82 Å². The molecule has 1 aromatic heterocycles. The molecule has 2 aromatic rings. The molecule has 1 aromatic carbocycles.